The molecule has 2 fully saturated rings. The minimum Gasteiger partial charge on any atom is -0.350 e. The zero-order valence-electron chi connectivity index (χ0n) is 15.9. The number of nitrogens with one attached hydrogen (secondary N) is 2. The van der Waals surface area contributed by atoms with Crippen molar-refractivity contribution in [2.24, 2.45) is 5.41 Å². The van der Waals surface area contributed by atoms with Crippen molar-refractivity contribution < 1.29 is 9.59 Å². The van der Waals surface area contributed by atoms with Crippen molar-refractivity contribution in [3.63, 3.8) is 0 Å². The van der Waals surface area contributed by atoms with E-state index in [0.29, 0.717) is 28.8 Å². The van der Waals surface area contributed by atoms with Crippen molar-refractivity contribution in [1.29, 1.82) is 0 Å². The second-order valence-corrected chi connectivity index (χ2v) is 9.67. The molecule has 27 heavy (non-hydrogen) atoms. The molecule has 1 spiro atoms. The van der Waals surface area contributed by atoms with Gasteiger partial charge in [-0.25, -0.2) is 0 Å². The lowest BCUT2D eigenvalue weighted by molar-refractivity contribution is -0.141. The maximum atomic E-state index is 12.2. The Hall–Kier alpha value is -1.34. The Morgan fingerprint density at radius 3 is 1.93 bits per heavy atom. The highest BCUT2D eigenvalue weighted by Crippen LogP contribution is 2.39. The second-order valence-electron chi connectivity index (χ2n) is 8.79. The average Bonchev–Trinajstić information content (AvgIpc) is 2.39. The van der Waals surface area contributed by atoms with Gasteiger partial charge in [-0.05, 0) is 39.0 Å². The van der Waals surface area contributed by atoms with Crippen LogP contribution in [0, 0.1) is 5.41 Å². The van der Waals surface area contributed by atoms with Crippen molar-refractivity contribution >= 4 is 40.7 Å². The van der Waals surface area contributed by atoms with Crippen molar-refractivity contribution in [1.82, 2.24) is 15.1 Å². The third-order valence-electron chi connectivity index (χ3n) is 4.63. The first-order valence-electron chi connectivity index (χ1n) is 9.04. The van der Waals surface area contributed by atoms with Crippen LogP contribution in [0.25, 0.3) is 0 Å². The maximum Gasteiger partial charge on any atom is 0.238 e. The highest BCUT2D eigenvalue weighted by Gasteiger charge is 2.51. The van der Waals surface area contributed by atoms with Gasteiger partial charge in [0.2, 0.25) is 11.8 Å². The molecule has 148 valence electrons. The van der Waals surface area contributed by atoms with Gasteiger partial charge in [0.05, 0.1) is 13.1 Å². The summed E-state index contributed by atoms with van der Waals surface area (Å²) in [7, 11) is 0. The molecule has 1 aromatic carbocycles. The number of amides is 2. The quantitative estimate of drug-likeness (QED) is 0.779. The molecule has 0 bridgehead atoms. The molecular weight excluding hydrogens is 387 g/mol. The predicted molar refractivity (Wildman–Crippen MR) is 108 cm³/mol. The molecule has 0 saturated carbocycles. The zero-order valence-corrected chi connectivity index (χ0v) is 17.5. The molecule has 2 saturated heterocycles. The number of nitrogens with zero attached hydrogens (tertiary/aromatic N) is 2. The highest BCUT2D eigenvalue weighted by atomic mass is 35.5. The van der Waals surface area contributed by atoms with Crippen LogP contribution in [0.3, 0.4) is 0 Å². The number of likely N-dealkylation sites (tertiary alicyclic amines) is 2. The van der Waals surface area contributed by atoms with Crippen molar-refractivity contribution in [2.75, 3.05) is 44.6 Å². The Morgan fingerprint density at radius 1 is 0.963 bits per heavy atom. The first-order valence-corrected chi connectivity index (χ1v) is 9.79. The van der Waals surface area contributed by atoms with E-state index in [2.05, 4.69) is 20.4 Å². The molecule has 2 aliphatic rings. The van der Waals surface area contributed by atoms with Gasteiger partial charge in [0.1, 0.15) is 0 Å². The lowest BCUT2D eigenvalue weighted by Gasteiger charge is -2.60. The molecule has 0 aliphatic carbocycles. The predicted octanol–water partition coefficient (Wildman–Crippen LogP) is 2.46. The van der Waals surface area contributed by atoms with E-state index >= 15 is 0 Å². The standard InChI is InChI=1S/C19H26Cl2N4O2/c1-18(2,3)23-17(27)8-25-11-19(12-25)9-24(10-19)7-16(26)22-15-5-13(20)4-14(21)6-15/h4-6H,7-12H2,1-3H3,(H,22,26)(H,23,27). The molecule has 2 heterocycles. The molecule has 0 atom stereocenters. The van der Waals surface area contributed by atoms with Crippen LogP contribution in [0.5, 0.6) is 0 Å². The van der Waals surface area contributed by atoms with Crippen LogP contribution >= 0.6 is 23.2 Å². The Balaban J connectivity index is 1.37. The second kappa shape index (κ2) is 7.59. The molecule has 0 unspecified atom stereocenters. The zero-order chi connectivity index (χ0) is 19.8. The summed E-state index contributed by atoms with van der Waals surface area (Å²) in [6, 6.07) is 4.98. The number of anilines is 1. The fraction of sp³-hybridized carbons (Fsp3) is 0.579. The van der Waals surface area contributed by atoms with Crippen LogP contribution in [0.15, 0.2) is 18.2 Å². The number of rotatable bonds is 5. The average molecular weight is 413 g/mol. The number of hydrogen-bond donors (Lipinski definition) is 2. The van der Waals surface area contributed by atoms with E-state index in [4.69, 9.17) is 23.2 Å². The number of benzene rings is 1. The largest absolute Gasteiger partial charge is 0.350 e. The van der Waals surface area contributed by atoms with E-state index in [1.54, 1.807) is 18.2 Å². The van der Waals surface area contributed by atoms with Crippen LogP contribution in [-0.4, -0.2) is 66.4 Å². The first-order chi connectivity index (χ1) is 12.5. The molecule has 0 radical (unpaired) electrons. The van der Waals surface area contributed by atoms with Gasteiger partial charge in [0.25, 0.3) is 0 Å². The molecule has 2 amide bonds. The number of carbonyl (C=O) groups is 2. The maximum absolute atomic E-state index is 12.2. The Morgan fingerprint density at radius 2 is 1.44 bits per heavy atom. The van der Waals surface area contributed by atoms with E-state index in [-0.39, 0.29) is 22.8 Å². The number of carbonyl (C=O) groups excluding carboxylic acids is 2. The molecule has 3 rings (SSSR count). The van der Waals surface area contributed by atoms with E-state index in [9.17, 15) is 9.59 Å². The Labute approximate surface area is 170 Å². The number of hydrogen-bond acceptors (Lipinski definition) is 4. The van der Waals surface area contributed by atoms with Gasteiger partial charge in [0.15, 0.2) is 0 Å². The lowest BCUT2D eigenvalue weighted by atomic mass is 9.73. The first kappa shape index (κ1) is 20.4. The SMILES string of the molecule is CC(C)(C)NC(=O)CN1CC2(CN(CC(=O)Nc3cc(Cl)cc(Cl)c3)C2)C1. The molecule has 0 aromatic heterocycles. The summed E-state index contributed by atoms with van der Waals surface area (Å²) < 4.78 is 0. The van der Waals surface area contributed by atoms with Crippen LogP contribution in [0.2, 0.25) is 10.0 Å². The smallest absolute Gasteiger partial charge is 0.238 e. The molecule has 2 N–H and O–H groups in total. The van der Waals surface area contributed by atoms with Gasteiger partial charge in [-0.2, -0.15) is 0 Å². The van der Waals surface area contributed by atoms with E-state index in [1.165, 1.54) is 0 Å². The van der Waals surface area contributed by atoms with Crippen LogP contribution in [-0.2, 0) is 9.59 Å². The molecule has 1 aromatic rings. The third-order valence-corrected chi connectivity index (χ3v) is 5.07. The highest BCUT2D eigenvalue weighted by molar-refractivity contribution is 6.35. The summed E-state index contributed by atoms with van der Waals surface area (Å²) in [5.41, 5.74) is 0.641. The molecule has 2 aliphatic heterocycles. The fourth-order valence-corrected chi connectivity index (χ4v) is 4.44. The summed E-state index contributed by atoms with van der Waals surface area (Å²) in [5, 5.41) is 6.80. The summed E-state index contributed by atoms with van der Waals surface area (Å²) in [4.78, 5) is 28.4. The molecular formula is C19H26Cl2N4O2. The Kier molecular flexibility index (Phi) is 5.73. The van der Waals surface area contributed by atoms with Crippen molar-refractivity contribution in [2.45, 2.75) is 26.3 Å². The van der Waals surface area contributed by atoms with Crippen LogP contribution < -0.4 is 10.6 Å². The van der Waals surface area contributed by atoms with Crippen molar-refractivity contribution in [3.05, 3.63) is 28.2 Å². The van der Waals surface area contributed by atoms with E-state index in [0.717, 1.165) is 26.2 Å². The van der Waals surface area contributed by atoms with Crippen LogP contribution in [0.4, 0.5) is 5.69 Å². The van der Waals surface area contributed by atoms with Gasteiger partial charge < -0.3 is 10.6 Å². The third kappa shape index (κ3) is 5.57. The summed E-state index contributed by atoms with van der Waals surface area (Å²) in [5.74, 6) is -0.0167. The minimum atomic E-state index is -0.201. The molecule has 8 heteroatoms. The van der Waals surface area contributed by atoms with Crippen LogP contribution in [0.1, 0.15) is 20.8 Å². The minimum absolute atomic E-state index is 0.0630. The summed E-state index contributed by atoms with van der Waals surface area (Å²) in [6.45, 7) is 10.3. The molecule has 6 nitrogen and oxygen atoms in total. The summed E-state index contributed by atoms with van der Waals surface area (Å²) in [6.07, 6.45) is 0. The lowest BCUT2D eigenvalue weighted by Crippen LogP contribution is -2.73. The topological polar surface area (TPSA) is 64.7 Å². The van der Waals surface area contributed by atoms with Crippen molar-refractivity contribution in [3.8, 4) is 0 Å². The van der Waals surface area contributed by atoms with E-state index < -0.39 is 0 Å². The van der Waals surface area contributed by atoms with Gasteiger partial charge in [0, 0.05) is 52.9 Å². The van der Waals surface area contributed by atoms with Gasteiger partial charge in [-0.15, -0.1) is 0 Å². The Bertz CT molecular complexity index is 713. The monoisotopic (exact) mass is 412 g/mol. The number of halogens is 2. The fourth-order valence-electron chi connectivity index (χ4n) is 3.92. The van der Waals surface area contributed by atoms with Gasteiger partial charge in [-0.3, -0.25) is 19.4 Å². The van der Waals surface area contributed by atoms with Gasteiger partial charge >= 0.3 is 0 Å². The normalized spacial score (nSPS) is 19.3. The summed E-state index contributed by atoms with van der Waals surface area (Å²) >= 11 is 11.9. The van der Waals surface area contributed by atoms with Gasteiger partial charge in [-0.1, -0.05) is 23.2 Å². The van der Waals surface area contributed by atoms with E-state index in [1.807, 2.05) is 20.8 Å².